The number of aliphatic hydroxyl groups is 1. The summed E-state index contributed by atoms with van der Waals surface area (Å²) in [6, 6.07) is 8.93. The number of hydrogen-bond acceptors (Lipinski definition) is 5. The van der Waals surface area contributed by atoms with Crippen molar-refractivity contribution in [1.29, 1.82) is 0 Å². The SMILES string of the molecule is O=S(=O)(c1cccs1)N1CCC(Nc2ccc(Cl)cc2CO)CC1. The topological polar surface area (TPSA) is 69.6 Å². The molecule has 1 aromatic heterocycles. The first-order chi connectivity index (χ1) is 11.5. The lowest BCUT2D eigenvalue weighted by Gasteiger charge is -2.32. The zero-order chi connectivity index (χ0) is 17.2. The lowest BCUT2D eigenvalue weighted by atomic mass is 10.1. The second-order valence-corrected chi connectivity index (χ2v) is 9.26. The van der Waals surface area contributed by atoms with Gasteiger partial charge >= 0.3 is 0 Å². The van der Waals surface area contributed by atoms with Gasteiger partial charge in [-0.05, 0) is 42.5 Å². The van der Waals surface area contributed by atoms with Gasteiger partial charge in [-0.3, -0.25) is 0 Å². The van der Waals surface area contributed by atoms with Gasteiger partial charge in [0.15, 0.2) is 0 Å². The van der Waals surface area contributed by atoms with Crippen LogP contribution in [-0.2, 0) is 16.6 Å². The highest BCUT2D eigenvalue weighted by Gasteiger charge is 2.30. The molecule has 0 saturated carbocycles. The number of halogens is 1. The highest BCUT2D eigenvalue weighted by molar-refractivity contribution is 7.91. The first-order valence-corrected chi connectivity index (χ1v) is 10.4. The molecule has 1 aliphatic rings. The quantitative estimate of drug-likeness (QED) is 0.828. The van der Waals surface area contributed by atoms with Gasteiger partial charge in [0.2, 0.25) is 0 Å². The normalized spacial score (nSPS) is 17.1. The zero-order valence-electron chi connectivity index (χ0n) is 13.0. The number of nitrogens with zero attached hydrogens (tertiary/aromatic N) is 1. The molecule has 8 heteroatoms. The Morgan fingerprint density at radius 2 is 2.04 bits per heavy atom. The lowest BCUT2D eigenvalue weighted by molar-refractivity contribution is 0.282. The van der Waals surface area contributed by atoms with Gasteiger partial charge in [-0.15, -0.1) is 11.3 Å². The van der Waals surface area contributed by atoms with E-state index in [-0.39, 0.29) is 12.6 Å². The third-order valence-corrected chi connectivity index (χ3v) is 7.65. The predicted octanol–water partition coefficient (Wildman–Crippen LogP) is 3.16. The molecule has 0 atom stereocenters. The van der Waals surface area contributed by atoms with E-state index in [0.717, 1.165) is 24.1 Å². The second-order valence-electron chi connectivity index (χ2n) is 5.71. The smallest absolute Gasteiger partial charge is 0.252 e. The molecule has 3 rings (SSSR count). The molecule has 0 bridgehead atoms. The number of hydrogen-bond donors (Lipinski definition) is 2. The van der Waals surface area contributed by atoms with Crippen molar-refractivity contribution < 1.29 is 13.5 Å². The summed E-state index contributed by atoms with van der Waals surface area (Å²) in [5, 5.41) is 15.2. The largest absolute Gasteiger partial charge is 0.392 e. The van der Waals surface area contributed by atoms with Crippen LogP contribution in [0.1, 0.15) is 18.4 Å². The van der Waals surface area contributed by atoms with Crippen molar-refractivity contribution in [2.24, 2.45) is 0 Å². The number of nitrogens with one attached hydrogen (secondary N) is 1. The van der Waals surface area contributed by atoms with Crippen LogP contribution in [0.4, 0.5) is 5.69 Å². The number of piperidine rings is 1. The minimum atomic E-state index is -3.37. The molecule has 2 N–H and O–H groups in total. The van der Waals surface area contributed by atoms with Gasteiger partial charge in [0.1, 0.15) is 4.21 Å². The number of sulfonamides is 1. The van der Waals surface area contributed by atoms with E-state index in [0.29, 0.717) is 22.3 Å². The van der Waals surface area contributed by atoms with Gasteiger partial charge in [-0.1, -0.05) is 17.7 Å². The standard InChI is InChI=1S/C16H19ClN2O3S2/c17-13-3-4-15(12(10-13)11-20)18-14-5-7-19(8-6-14)24(21,22)16-2-1-9-23-16/h1-4,9-10,14,18,20H,5-8,11H2. The summed E-state index contributed by atoms with van der Waals surface area (Å²) >= 11 is 7.19. The van der Waals surface area contributed by atoms with Crippen LogP contribution in [0, 0.1) is 0 Å². The molecule has 0 unspecified atom stereocenters. The van der Waals surface area contributed by atoms with Gasteiger partial charge < -0.3 is 10.4 Å². The summed E-state index contributed by atoms with van der Waals surface area (Å²) in [5.74, 6) is 0. The summed E-state index contributed by atoms with van der Waals surface area (Å²) in [6.45, 7) is 0.883. The third-order valence-electron chi connectivity index (χ3n) is 4.14. The summed E-state index contributed by atoms with van der Waals surface area (Å²) in [7, 11) is -3.37. The summed E-state index contributed by atoms with van der Waals surface area (Å²) in [5.41, 5.74) is 1.60. The molecule has 5 nitrogen and oxygen atoms in total. The highest BCUT2D eigenvalue weighted by Crippen LogP contribution is 2.27. The van der Waals surface area contributed by atoms with E-state index in [4.69, 9.17) is 11.6 Å². The van der Waals surface area contributed by atoms with E-state index in [1.54, 1.807) is 34.0 Å². The molecular weight excluding hydrogens is 368 g/mol. The molecule has 1 aromatic carbocycles. The van der Waals surface area contributed by atoms with Crippen LogP contribution in [0.3, 0.4) is 0 Å². The number of rotatable bonds is 5. The molecule has 1 saturated heterocycles. The van der Waals surface area contributed by atoms with Crippen LogP contribution < -0.4 is 5.32 Å². The Hall–Kier alpha value is -1.12. The maximum absolute atomic E-state index is 12.5. The molecule has 0 amide bonds. The third kappa shape index (κ3) is 3.75. The number of thiophene rings is 1. The van der Waals surface area contributed by atoms with Crippen LogP contribution in [0.25, 0.3) is 0 Å². The number of benzene rings is 1. The maximum Gasteiger partial charge on any atom is 0.252 e. The lowest BCUT2D eigenvalue weighted by Crippen LogP contribution is -2.42. The van der Waals surface area contributed by atoms with Crippen LogP contribution in [0.15, 0.2) is 39.9 Å². The van der Waals surface area contributed by atoms with E-state index in [2.05, 4.69) is 5.32 Å². The minimum absolute atomic E-state index is 0.0888. The molecule has 0 spiro atoms. The van der Waals surface area contributed by atoms with E-state index < -0.39 is 10.0 Å². The fraction of sp³-hybridized carbons (Fsp3) is 0.375. The van der Waals surface area contributed by atoms with E-state index in [1.807, 2.05) is 6.07 Å². The Morgan fingerprint density at radius 3 is 2.67 bits per heavy atom. The fourth-order valence-corrected chi connectivity index (χ4v) is 5.64. The molecule has 0 radical (unpaired) electrons. The molecule has 1 fully saturated rings. The first kappa shape index (κ1) is 17.7. The van der Waals surface area contributed by atoms with Crippen molar-refractivity contribution in [3.8, 4) is 0 Å². The van der Waals surface area contributed by atoms with Crippen LogP contribution in [-0.4, -0.2) is 37.0 Å². The fourth-order valence-electron chi connectivity index (χ4n) is 2.83. The predicted molar refractivity (Wildman–Crippen MR) is 97.1 cm³/mol. The van der Waals surface area contributed by atoms with Gasteiger partial charge in [-0.25, -0.2) is 8.42 Å². The molecule has 2 aromatic rings. The van der Waals surface area contributed by atoms with Gasteiger partial charge in [0, 0.05) is 35.4 Å². The number of anilines is 1. The Labute approximate surface area is 150 Å². The Morgan fingerprint density at radius 1 is 1.29 bits per heavy atom. The van der Waals surface area contributed by atoms with Crippen molar-refractivity contribution in [2.75, 3.05) is 18.4 Å². The highest BCUT2D eigenvalue weighted by atomic mass is 35.5. The van der Waals surface area contributed by atoms with E-state index in [1.165, 1.54) is 11.3 Å². The average molecular weight is 387 g/mol. The minimum Gasteiger partial charge on any atom is -0.392 e. The van der Waals surface area contributed by atoms with Crippen LogP contribution in [0.2, 0.25) is 5.02 Å². The zero-order valence-corrected chi connectivity index (χ0v) is 15.4. The molecule has 130 valence electrons. The van der Waals surface area contributed by atoms with Gasteiger partial charge in [-0.2, -0.15) is 4.31 Å². The molecule has 0 aliphatic carbocycles. The monoisotopic (exact) mass is 386 g/mol. The first-order valence-electron chi connectivity index (χ1n) is 7.70. The molecule has 1 aliphatic heterocycles. The Balaban J connectivity index is 1.64. The molecular formula is C16H19ClN2O3S2. The summed E-state index contributed by atoms with van der Waals surface area (Å²) in [4.78, 5) is 0. The van der Waals surface area contributed by atoms with E-state index >= 15 is 0 Å². The summed E-state index contributed by atoms with van der Waals surface area (Å²) in [6.07, 6.45) is 1.44. The Kier molecular flexibility index (Phi) is 5.46. The summed E-state index contributed by atoms with van der Waals surface area (Å²) < 4.78 is 27.0. The maximum atomic E-state index is 12.5. The van der Waals surface area contributed by atoms with Crippen molar-refractivity contribution in [1.82, 2.24) is 4.31 Å². The second kappa shape index (κ2) is 7.41. The van der Waals surface area contributed by atoms with E-state index in [9.17, 15) is 13.5 Å². The molecule has 2 heterocycles. The van der Waals surface area contributed by atoms with Gasteiger partial charge in [0.25, 0.3) is 10.0 Å². The molecule has 24 heavy (non-hydrogen) atoms. The van der Waals surface area contributed by atoms with Crippen LogP contribution in [0.5, 0.6) is 0 Å². The van der Waals surface area contributed by atoms with Crippen molar-refractivity contribution in [3.05, 3.63) is 46.3 Å². The van der Waals surface area contributed by atoms with Gasteiger partial charge in [0.05, 0.1) is 6.61 Å². The number of aliphatic hydroxyl groups excluding tert-OH is 1. The Bertz CT molecular complexity index is 786. The van der Waals surface area contributed by atoms with Crippen LogP contribution >= 0.6 is 22.9 Å². The average Bonchev–Trinajstić information content (AvgIpc) is 3.12. The van der Waals surface area contributed by atoms with Crippen molar-refractivity contribution >= 4 is 38.6 Å². The van der Waals surface area contributed by atoms with Crippen molar-refractivity contribution in [3.63, 3.8) is 0 Å². The van der Waals surface area contributed by atoms with Crippen molar-refractivity contribution in [2.45, 2.75) is 29.7 Å².